The maximum atomic E-state index is 11.5. The molecule has 1 atom stereocenters. The summed E-state index contributed by atoms with van der Waals surface area (Å²) < 4.78 is 0. The van der Waals surface area contributed by atoms with Crippen LogP contribution in [0.3, 0.4) is 0 Å². The summed E-state index contributed by atoms with van der Waals surface area (Å²) in [4.78, 5) is 13.9. The van der Waals surface area contributed by atoms with Gasteiger partial charge < -0.3 is 21.2 Å². The molecular formula is C11H22N4O2. The van der Waals surface area contributed by atoms with Crippen LogP contribution in [-0.4, -0.2) is 48.0 Å². The van der Waals surface area contributed by atoms with Crippen molar-refractivity contribution in [2.24, 2.45) is 16.8 Å². The molecule has 1 heterocycles. The van der Waals surface area contributed by atoms with Gasteiger partial charge in [-0.3, -0.25) is 4.79 Å². The average Bonchev–Trinajstić information content (AvgIpc) is 2.85. The van der Waals surface area contributed by atoms with Crippen molar-refractivity contribution in [1.29, 1.82) is 0 Å². The van der Waals surface area contributed by atoms with E-state index in [1.54, 1.807) is 6.92 Å². The monoisotopic (exact) mass is 242 g/mol. The van der Waals surface area contributed by atoms with Gasteiger partial charge in [0.05, 0.1) is 5.92 Å². The van der Waals surface area contributed by atoms with Crippen LogP contribution in [-0.2, 0) is 4.79 Å². The molecule has 1 fully saturated rings. The lowest BCUT2D eigenvalue weighted by molar-refractivity contribution is -0.122. The van der Waals surface area contributed by atoms with Gasteiger partial charge in [-0.25, -0.2) is 0 Å². The molecule has 1 saturated heterocycles. The number of nitrogens with two attached hydrogens (primary N) is 1. The molecule has 98 valence electrons. The number of nitrogens with zero attached hydrogens (tertiary/aromatic N) is 2. The summed E-state index contributed by atoms with van der Waals surface area (Å²) >= 11 is 0. The van der Waals surface area contributed by atoms with Crippen molar-refractivity contribution >= 4 is 11.7 Å². The van der Waals surface area contributed by atoms with Gasteiger partial charge in [0, 0.05) is 6.54 Å². The third kappa shape index (κ3) is 4.60. The quantitative estimate of drug-likeness (QED) is 0.200. The highest BCUT2D eigenvalue weighted by Crippen LogP contribution is 2.06. The van der Waals surface area contributed by atoms with Gasteiger partial charge >= 0.3 is 0 Å². The number of rotatable bonds is 6. The molecule has 1 rings (SSSR count). The van der Waals surface area contributed by atoms with E-state index < -0.39 is 5.92 Å². The third-order valence-corrected chi connectivity index (χ3v) is 3.10. The van der Waals surface area contributed by atoms with Crippen LogP contribution in [0.2, 0.25) is 0 Å². The largest absolute Gasteiger partial charge is 0.409 e. The van der Waals surface area contributed by atoms with Crippen molar-refractivity contribution in [3.8, 4) is 0 Å². The van der Waals surface area contributed by atoms with Crippen molar-refractivity contribution in [3.05, 3.63) is 0 Å². The Morgan fingerprint density at radius 2 is 2.18 bits per heavy atom. The fourth-order valence-electron chi connectivity index (χ4n) is 1.89. The first-order valence-electron chi connectivity index (χ1n) is 6.12. The van der Waals surface area contributed by atoms with E-state index in [0.29, 0.717) is 6.54 Å². The number of likely N-dealkylation sites (tertiary alicyclic amines) is 1. The first kappa shape index (κ1) is 13.8. The molecule has 0 aromatic heterocycles. The maximum absolute atomic E-state index is 11.5. The molecule has 1 aliphatic heterocycles. The first-order chi connectivity index (χ1) is 8.15. The highest BCUT2D eigenvalue weighted by molar-refractivity contribution is 6.01. The number of nitrogens with one attached hydrogen (secondary N) is 1. The van der Waals surface area contributed by atoms with Crippen LogP contribution in [0.1, 0.15) is 26.2 Å². The van der Waals surface area contributed by atoms with Gasteiger partial charge in [0.25, 0.3) is 0 Å². The summed E-state index contributed by atoms with van der Waals surface area (Å²) in [5.41, 5.74) is 5.35. The van der Waals surface area contributed by atoms with E-state index in [1.807, 2.05) is 0 Å². The number of carbonyl (C=O) groups excluding carboxylic acids is 1. The van der Waals surface area contributed by atoms with E-state index in [4.69, 9.17) is 10.9 Å². The van der Waals surface area contributed by atoms with E-state index in [9.17, 15) is 4.79 Å². The summed E-state index contributed by atoms with van der Waals surface area (Å²) in [5.74, 6) is -0.824. The van der Waals surface area contributed by atoms with Crippen LogP contribution >= 0.6 is 0 Å². The lowest BCUT2D eigenvalue weighted by Crippen LogP contribution is -2.38. The fraction of sp³-hybridized carbons (Fsp3) is 0.818. The van der Waals surface area contributed by atoms with Gasteiger partial charge in [-0.05, 0) is 45.8 Å². The van der Waals surface area contributed by atoms with Crippen molar-refractivity contribution in [2.75, 3.05) is 26.2 Å². The van der Waals surface area contributed by atoms with Crippen LogP contribution in [0.5, 0.6) is 0 Å². The summed E-state index contributed by atoms with van der Waals surface area (Å²) in [7, 11) is 0. The highest BCUT2D eigenvalue weighted by Gasteiger charge is 2.17. The zero-order chi connectivity index (χ0) is 12.7. The molecule has 4 N–H and O–H groups in total. The second kappa shape index (κ2) is 7.11. The topological polar surface area (TPSA) is 91.0 Å². The zero-order valence-electron chi connectivity index (χ0n) is 10.4. The second-order valence-corrected chi connectivity index (χ2v) is 4.44. The maximum Gasteiger partial charge on any atom is 0.230 e. The normalized spacial score (nSPS) is 19.2. The number of hydrogen-bond donors (Lipinski definition) is 3. The van der Waals surface area contributed by atoms with Crippen molar-refractivity contribution in [1.82, 2.24) is 10.2 Å². The van der Waals surface area contributed by atoms with Gasteiger partial charge in [0.15, 0.2) is 5.84 Å². The summed E-state index contributed by atoms with van der Waals surface area (Å²) in [6, 6.07) is 0. The standard InChI is InChI=1S/C11H22N4O2/c1-9(10(12)14-17)11(16)13-5-4-8-15-6-2-3-7-15/h9,17H,2-8H2,1H3,(H2,12,14)(H,13,16). The Bertz CT molecular complexity index is 275. The molecule has 1 aliphatic rings. The smallest absolute Gasteiger partial charge is 0.230 e. The lowest BCUT2D eigenvalue weighted by Gasteiger charge is -2.15. The van der Waals surface area contributed by atoms with E-state index in [-0.39, 0.29) is 11.7 Å². The number of carbonyl (C=O) groups is 1. The Morgan fingerprint density at radius 1 is 1.53 bits per heavy atom. The molecule has 6 heteroatoms. The second-order valence-electron chi connectivity index (χ2n) is 4.44. The van der Waals surface area contributed by atoms with Crippen molar-refractivity contribution < 1.29 is 10.0 Å². The van der Waals surface area contributed by atoms with E-state index in [0.717, 1.165) is 13.0 Å². The molecule has 1 unspecified atom stereocenters. The Kier molecular flexibility index (Phi) is 5.76. The molecule has 0 radical (unpaired) electrons. The SMILES string of the molecule is CC(C(=O)NCCCN1CCCC1)C(N)=NO. The van der Waals surface area contributed by atoms with Crippen molar-refractivity contribution in [2.45, 2.75) is 26.2 Å². The molecule has 0 saturated carbocycles. The highest BCUT2D eigenvalue weighted by atomic mass is 16.4. The predicted molar refractivity (Wildman–Crippen MR) is 65.9 cm³/mol. The van der Waals surface area contributed by atoms with Gasteiger partial charge in [0.2, 0.25) is 5.91 Å². The van der Waals surface area contributed by atoms with E-state index in [2.05, 4.69) is 15.4 Å². The van der Waals surface area contributed by atoms with Crippen LogP contribution in [0.4, 0.5) is 0 Å². The van der Waals surface area contributed by atoms with Crippen LogP contribution < -0.4 is 11.1 Å². The van der Waals surface area contributed by atoms with Gasteiger partial charge in [0.1, 0.15) is 0 Å². The number of amides is 1. The molecule has 0 aromatic carbocycles. The predicted octanol–water partition coefficient (Wildman–Crippen LogP) is -0.0290. The van der Waals surface area contributed by atoms with Crippen LogP contribution in [0, 0.1) is 5.92 Å². The Morgan fingerprint density at radius 3 is 2.76 bits per heavy atom. The average molecular weight is 242 g/mol. The summed E-state index contributed by atoms with van der Waals surface area (Å²) in [6.45, 7) is 5.63. The van der Waals surface area contributed by atoms with E-state index in [1.165, 1.54) is 25.9 Å². The summed E-state index contributed by atoms with van der Waals surface area (Å²) in [6.07, 6.45) is 3.51. The van der Waals surface area contributed by atoms with Crippen LogP contribution in [0.25, 0.3) is 0 Å². The molecule has 0 aliphatic carbocycles. The minimum absolute atomic E-state index is 0.0537. The number of oxime groups is 1. The third-order valence-electron chi connectivity index (χ3n) is 3.10. The molecule has 0 bridgehead atoms. The molecule has 1 amide bonds. The van der Waals surface area contributed by atoms with Crippen LogP contribution in [0.15, 0.2) is 5.16 Å². The summed E-state index contributed by atoms with van der Waals surface area (Å²) in [5, 5.41) is 14.1. The molecule has 0 aromatic rings. The Balaban J connectivity index is 2.11. The lowest BCUT2D eigenvalue weighted by atomic mass is 10.1. The Labute approximate surface area is 102 Å². The zero-order valence-corrected chi connectivity index (χ0v) is 10.4. The van der Waals surface area contributed by atoms with Gasteiger partial charge in [-0.15, -0.1) is 0 Å². The molecular weight excluding hydrogens is 220 g/mol. The minimum Gasteiger partial charge on any atom is -0.409 e. The number of amidine groups is 1. The fourth-order valence-corrected chi connectivity index (χ4v) is 1.89. The minimum atomic E-state index is -0.577. The number of hydrogen-bond acceptors (Lipinski definition) is 4. The molecule has 6 nitrogen and oxygen atoms in total. The molecule has 17 heavy (non-hydrogen) atoms. The van der Waals surface area contributed by atoms with Crippen molar-refractivity contribution in [3.63, 3.8) is 0 Å². The molecule has 0 spiro atoms. The Hall–Kier alpha value is -1.30. The first-order valence-corrected chi connectivity index (χ1v) is 6.12. The van der Waals surface area contributed by atoms with E-state index >= 15 is 0 Å². The van der Waals surface area contributed by atoms with Gasteiger partial charge in [-0.1, -0.05) is 5.16 Å². The van der Waals surface area contributed by atoms with Gasteiger partial charge in [-0.2, -0.15) is 0 Å².